The molecule has 0 unspecified atom stereocenters. The maximum absolute atomic E-state index is 10.7. The number of rotatable bonds is 9. The van der Waals surface area contributed by atoms with Crippen LogP contribution in [-0.4, -0.2) is 41.0 Å². The standard InChI is InChI=1S/C15H19N3O3S/c1-12-4-2-5-13(10-12)21-9-3-7-18(8-6-14(19)20)15-17-16-11-22-15/h2,4-5,10-11H,3,6-9H2,1H3,(H,19,20). The number of carboxylic acid groups (broad SMARTS) is 1. The number of hydrogen-bond donors (Lipinski definition) is 1. The highest BCUT2D eigenvalue weighted by Crippen LogP contribution is 2.17. The third-order valence-corrected chi connectivity index (χ3v) is 3.80. The summed E-state index contributed by atoms with van der Waals surface area (Å²) >= 11 is 1.41. The molecule has 118 valence electrons. The van der Waals surface area contributed by atoms with E-state index in [9.17, 15) is 4.79 Å². The third kappa shape index (κ3) is 5.33. The molecular formula is C15H19N3O3S. The van der Waals surface area contributed by atoms with Gasteiger partial charge in [-0.15, -0.1) is 10.2 Å². The third-order valence-electron chi connectivity index (χ3n) is 3.05. The molecule has 7 heteroatoms. The Bertz CT molecular complexity index is 589. The lowest BCUT2D eigenvalue weighted by Crippen LogP contribution is -2.28. The van der Waals surface area contributed by atoms with Crippen molar-refractivity contribution in [2.24, 2.45) is 0 Å². The highest BCUT2D eigenvalue weighted by atomic mass is 32.1. The summed E-state index contributed by atoms with van der Waals surface area (Å²) in [4.78, 5) is 12.7. The molecule has 1 heterocycles. The molecule has 1 aromatic heterocycles. The summed E-state index contributed by atoms with van der Waals surface area (Å²) in [6.45, 7) is 3.71. The molecule has 0 saturated carbocycles. The van der Waals surface area contributed by atoms with Crippen LogP contribution < -0.4 is 9.64 Å². The van der Waals surface area contributed by atoms with E-state index >= 15 is 0 Å². The zero-order chi connectivity index (χ0) is 15.8. The number of aryl methyl sites for hydroxylation is 1. The van der Waals surface area contributed by atoms with Crippen LogP contribution in [0.25, 0.3) is 0 Å². The Morgan fingerprint density at radius 2 is 2.27 bits per heavy atom. The van der Waals surface area contributed by atoms with Gasteiger partial charge in [0.15, 0.2) is 0 Å². The fourth-order valence-corrected chi connectivity index (χ4v) is 2.60. The van der Waals surface area contributed by atoms with Crippen LogP contribution in [0.1, 0.15) is 18.4 Å². The molecule has 0 aliphatic carbocycles. The van der Waals surface area contributed by atoms with Crippen molar-refractivity contribution in [1.82, 2.24) is 10.2 Å². The lowest BCUT2D eigenvalue weighted by atomic mass is 10.2. The van der Waals surface area contributed by atoms with Gasteiger partial charge >= 0.3 is 5.97 Å². The van der Waals surface area contributed by atoms with E-state index in [0.717, 1.165) is 22.9 Å². The molecule has 0 saturated heterocycles. The van der Waals surface area contributed by atoms with Gasteiger partial charge in [-0.05, 0) is 31.0 Å². The molecule has 0 aliphatic rings. The van der Waals surface area contributed by atoms with Crippen LogP contribution in [0.4, 0.5) is 5.13 Å². The van der Waals surface area contributed by atoms with Crippen LogP contribution >= 0.6 is 11.3 Å². The quantitative estimate of drug-likeness (QED) is 0.716. The number of carboxylic acids is 1. The van der Waals surface area contributed by atoms with Crippen molar-refractivity contribution in [2.45, 2.75) is 19.8 Å². The average molecular weight is 321 g/mol. The smallest absolute Gasteiger partial charge is 0.305 e. The molecule has 0 aliphatic heterocycles. The highest BCUT2D eigenvalue weighted by Gasteiger charge is 2.11. The topological polar surface area (TPSA) is 75.5 Å². The van der Waals surface area contributed by atoms with E-state index in [1.807, 2.05) is 36.1 Å². The van der Waals surface area contributed by atoms with Crippen molar-refractivity contribution in [2.75, 3.05) is 24.6 Å². The Kier molecular flexibility index (Phi) is 6.14. The molecule has 6 nitrogen and oxygen atoms in total. The van der Waals surface area contributed by atoms with Crippen molar-refractivity contribution in [3.8, 4) is 5.75 Å². The molecule has 0 amide bonds. The lowest BCUT2D eigenvalue weighted by molar-refractivity contribution is -0.136. The van der Waals surface area contributed by atoms with Gasteiger partial charge in [-0.2, -0.15) is 0 Å². The van der Waals surface area contributed by atoms with E-state index in [2.05, 4.69) is 10.2 Å². The predicted molar refractivity (Wildman–Crippen MR) is 85.7 cm³/mol. The SMILES string of the molecule is Cc1cccc(OCCCN(CCC(=O)O)c2nncs2)c1. The second-order valence-corrected chi connectivity index (χ2v) is 5.68. The van der Waals surface area contributed by atoms with Gasteiger partial charge in [0.05, 0.1) is 13.0 Å². The molecule has 2 rings (SSSR count). The normalized spacial score (nSPS) is 10.4. The van der Waals surface area contributed by atoms with Crippen LogP contribution in [0.5, 0.6) is 5.75 Å². The number of hydrogen-bond acceptors (Lipinski definition) is 6. The minimum atomic E-state index is -0.814. The Morgan fingerprint density at radius 3 is 2.95 bits per heavy atom. The summed E-state index contributed by atoms with van der Waals surface area (Å²) in [5.41, 5.74) is 2.81. The number of carbonyl (C=O) groups is 1. The molecule has 0 atom stereocenters. The number of anilines is 1. The van der Waals surface area contributed by atoms with Gasteiger partial charge in [0.2, 0.25) is 5.13 Å². The number of benzene rings is 1. The number of ether oxygens (including phenoxy) is 1. The first-order chi connectivity index (χ1) is 10.6. The molecule has 0 radical (unpaired) electrons. The summed E-state index contributed by atoms with van der Waals surface area (Å²) < 4.78 is 5.70. The molecule has 0 bridgehead atoms. The van der Waals surface area contributed by atoms with Crippen molar-refractivity contribution < 1.29 is 14.6 Å². The Balaban J connectivity index is 1.79. The fourth-order valence-electron chi connectivity index (χ4n) is 1.99. The monoisotopic (exact) mass is 321 g/mol. The van der Waals surface area contributed by atoms with E-state index in [1.165, 1.54) is 11.3 Å². The lowest BCUT2D eigenvalue weighted by Gasteiger charge is -2.20. The summed E-state index contributed by atoms with van der Waals surface area (Å²) in [5, 5.41) is 17.4. The first-order valence-electron chi connectivity index (χ1n) is 7.07. The number of nitrogens with zero attached hydrogens (tertiary/aromatic N) is 3. The molecule has 2 aromatic rings. The number of aliphatic carboxylic acids is 1. The maximum Gasteiger partial charge on any atom is 0.305 e. The Labute approximate surface area is 133 Å². The van der Waals surface area contributed by atoms with Gasteiger partial charge in [-0.25, -0.2) is 0 Å². The number of aromatic nitrogens is 2. The predicted octanol–water partition coefficient (Wildman–Crippen LogP) is 2.60. The minimum absolute atomic E-state index is 0.0817. The second-order valence-electron chi connectivity index (χ2n) is 4.87. The average Bonchev–Trinajstić information content (AvgIpc) is 3.00. The van der Waals surface area contributed by atoms with Gasteiger partial charge in [0.25, 0.3) is 0 Å². The van der Waals surface area contributed by atoms with Crippen molar-refractivity contribution in [1.29, 1.82) is 0 Å². The maximum atomic E-state index is 10.7. The fraction of sp³-hybridized carbons (Fsp3) is 0.400. The van der Waals surface area contributed by atoms with E-state index in [0.29, 0.717) is 19.7 Å². The van der Waals surface area contributed by atoms with Gasteiger partial charge in [-0.1, -0.05) is 23.5 Å². The summed E-state index contributed by atoms with van der Waals surface area (Å²) in [5.74, 6) is 0.0403. The van der Waals surface area contributed by atoms with E-state index in [1.54, 1.807) is 5.51 Å². The summed E-state index contributed by atoms with van der Waals surface area (Å²) in [6, 6.07) is 7.91. The van der Waals surface area contributed by atoms with E-state index in [4.69, 9.17) is 9.84 Å². The van der Waals surface area contributed by atoms with Gasteiger partial charge in [0, 0.05) is 13.1 Å². The second kappa shape index (κ2) is 8.33. The van der Waals surface area contributed by atoms with Crippen LogP contribution in [0.3, 0.4) is 0 Å². The molecule has 1 N–H and O–H groups in total. The van der Waals surface area contributed by atoms with Gasteiger partial charge in [0.1, 0.15) is 11.3 Å². The first kappa shape index (κ1) is 16.2. The molecular weight excluding hydrogens is 302 g/mol. The summed E-state index contributed by atoms with van der Waals surface area (Å²) in [6.07, 6.45) is 0.867. The van der Waals surface area contributed by atoms with Gasteiger partial charge < -0.3 is 14.7 Å². The van der Waals surface area contributed by atoms with Crippen LogP contribution in [0, 0.1) is 6.92 Å². The Morgan fingerprint density at radius 1 is 1.41 bits per heavy atom. The molecule has 1 aromatic carbocycles. The highest BCUT2D eigenvalue weighted by molar-refractivity contribution is 7.13. The van der Waals surface area contributed by atoms with Crippen LogP contribution in [-0.2, 0) is 4.79 Å². The molecule has 0 fully saturated rings. The largest absolute Gasteiger partial charge is 0.494 e. The van der Waals surface area contributed by atoms with Crippen molar-refractivity contribution in [3.05, 3.63) is 35.3 Å². The van der Waals surface area contributed by atoms with Gasteiger partial charge in [-0.3, -0.25) is 4.79 Å². The molecule has 22 heavy (non-hydrogen) atoms. The minimum Gasteiger partial charge on any atom is -0.494 e. The van der Waals surface area contributed by atoms with Crippen molar-refractivity contribution in [3.63, 3.8) is 0 Å². The van der Waals surface area contributed by atoms with E-state index < -0.39 is 5.97 Å². The first-order valence-corrected chi connectivity index (χ1v) is 7.95. The zero-order valence-corrected chi connectivity index (χ0v) is 13.3. The van der Waals surface area contributed by atoms with E-state index in [-0.39, 0.29) is 6.42 Å². The Hall–Kier alpha value is -2.15. The zero-order valence-electron chi connectivity index (χ0n) is 12.4. The summed E-state index contributed by atoms with van der Waals surface area (Å²) in [7, 11) is 0. The van der Waals surface area contributed by atoms with Crippen LogP contribution in [0.15, 0.2) is 29.8 Å². The molecule has 0 spiro atoms. The van der Waals surface area contributed by atoms with Crippen LogP contribution in [0.2, 0.25) is 0 Å². The van der Waals surface area contributed by atoms with Crippen molar-refractivity contribution >= 4 is 22.4 Å².